The molecule has 0 spiro atoms. The molecule has 1 amide bonds. The van der Waals surface area contributed by atoms with E-state index in [2.05, 4.69) is 4.98 Å². The number of carbonyl (C=O) groups is 1. The summed E-state index contributed by atoms with van der Waals surface area (Å²) >= 11 is 0. The summed E-state index contributed by atoms with van der Waals surface area (Å²) in [6.07, 6.45) is 4.76. The van der Waals surface area contributed by atoms with E-state index in [9.17, 15) is 13.2 Å². The van der Waals surface area contributed by atoms with Crippen molar-refractivity contribution in [2.24, 2.45) is 0 Å². The molecule has 2 heterocycles. The molecule has 7 nitrogen and oxygen atoms in total. The molecule has 1 fully saturated rings. The van der Waals surface area contributed by atoms with Crippen molar-refractivity contribution < 1.29 is 22.7 Å². The fourth-order valence-corrected chi connectivity index (χ4v) is 3.35. The number of sulfonamides is 1. The van der Waals surface area contributed by atoms with Gasteiger partial charge >= 0.3 is 0 Å². The number of hydrogen-bond donors (Lipinski definition) is 1. The van der Waals surface area contributed by atoms with Crippen LogP contribution in [0.3, 0.4) is 0 Å². The fourth-order valence-electron chi connectivity index (χ4n) is 2.41. The van der Waals surface area contributed by atoms with Crippen LogP contribution >= 0.6 is 0 Å². The van der Waals surface area contributed by atoms with E-state index in [1.165, 1.54) is 36.7 Å². The first kappa shape index (κ1) is 17.4. The summed E-state index contributed by atoms with van der Waals surface area (Å²) in [7, 11) is -3.95. The lowest BCUT2D eigenvalue weighted by atomic mass is 10.2. The molecule has 0 aliphatic carbocycles. The maximum atomic E-state index is 12.1. The average molecular weight is 362 g/mol. The van der Waals surface area contributed by atoms with Gasteiger partial charge in [-0.3, -0.25) is 9.78 Å². The first-order valence-corrected chi connectivity index (χ1v) is 9.34. The Morgan fingerprint density at radius 3 is 2.72 bits per heavy atom. The number of hydrogen-bond acceptors (Lipinski definition) is 6. The van der Waals surface area contributed by atoms with Crippen molar-refractivity contribution in [1.29, 1.82) is 0 Å². The van der Waals surface area contributed by atoms with E-state index >= 15 is 0 Å². The van der Waals surface area contributed by atoms with E-state index in [1.807, 2.05) is 4.72 Å². The minimum absolute atomic E-state index is 0.0696. The highest BCUT2D eigenvalue weighted by molar-refractivity contribution is 7.90. The molecule has 8 heteroatoms. The highest BCUT2D eigenvalue weighted by Gasteiger charge is 2.19. The largest absolute Gasteiger partial charge is 0.491 e. The summed E-state index contributed by atoms with van der Waals surface area (Å²) in [5.74, 6) is -0.114. The quantitative estimate of drug-likeness (QED) is 0.841. The van der Waals surface area contributed by atoms with Crippen LogP contribution in [0, 0.1) is 0 Å². The van der Waals surface area contributed by atoms with E-state index in [-0.39, 0.29) is 16.6 Å². The number of amides is 1. The number of rotatable bonds is 6. The van der Waals surface area contributed by atoms with Crippen LogP contribution < -0.4 is 9.46 Å². The Balaban J connectivity index is 1.60. The molecule has 3 rings (SSSR count). The topological polar surface area (TPSA) is 94.6 Å². The van der Waals surface area contributed by atoms with E-state index in [4.69, 9.17) is 9.47 Å². The van der Waals surface area contributed by atoms with Crippen LogP contribution in [0.25, 0.3) is 0 Å². The van der Waals surface area contributed by atoms with Crippen molar-refractivity contribution in [2.45, 2.75) is 23.8 Å². The first-order valence-electron chi connectivity index (χ1n) is 7.86. The minimum Gasteiger partial charge on any atom is -0.491 e. The summed E-state index contributed by atoms with van der Waals surface area (Å²) < 4.78 is 37.3. The van der Waals surface area contributed by atoms with Gasteiger partial charge in [-0.15, -0.1) is 0 Å². The maximum Gasteiger partial charge on any atom is 0.265 e. The third kappa shape index (κ3) is 4.55. The molecule has 1 aromatic carbocycles. The Morgan fingerprint density at radius 2 is 2.08 bits per heavy atom. The Hall–Kier alpha value is -2.45. The molecule has 2 aromatic rings. The highest BCUT2D eigenvalue weighted by atomic mass is 32.2. The van der Waals surface area contributed by atoms with Gasteiger partial charge in [0.25, 0.3) is 15.9 Å². The second kappa shape index (κ2) is 7.62. The first-order chi connectivity index (χ1) is 12.0. The van der Waals surface area contributed by atoms with Crippen LogP contribution in [0.1, 0.15) is 23.2 Å². The fraction of sp³-hybridized carbons (Fsp3) is 0.294. The van der Waals surface area contributed by atoms with Crippen molar-refractivity contribution in [2.75, 3.05) is 13.2 Å². The van der Waals surface area contributed by atoms with Gasteiger partial charge in [0.2, 0.25) is 0 Å². The number of nitrogens with zero attached hydrogens (tertiary/aromatic N) is 1. The van der Waals surface area contributed by atoms with Gasteiger partial charge in [-0.2, -0.15) is 0 Å². The van der Waals surface area contributed by atoms with Gasteiger partial charge in [0.1, 0.15) is 17.3 Å². The molecule has 25 heavy (non-hydrogen) atoms. The Kier molecular flexibility index (Phi) is 5.30. The smallest absolute Gasteiger partial charge is 0.265 e. The van der Waals surface area contributed by atoms with Gasteiger partial charge in [0, 0.05) is 24.6 Å². The highest BCUT2D eigenvalue weighted by Crippen LogP contribution is 2.17. The number of benzene rings is 1. The lowest BCUT2D eigenvalue weighted by Crippen LogP contribution is -2.30. The Morgan fingerprint density at radius 1 is 1.28 bits per heavy atom. The Bertz CT molecular complexity index is 816. The van der Waals surface area contributed by atoms with Crippen molar-refractivity contribution >= 4 is 15.9 Å². The zero-order chi connectivity index (χ0) is 17.7. The predicted molar refractivity (Wildman–Crippen MR) is 89.8 cm³/mol. The molecule has 0 bridgehead atoms. The van der Waals surface area contributed by atoms with Crippen molar-refractivity contribution in [3.8, 4) is 5.75 Å². The number of carbonyl (C=O) groups excluding carboxylic acids is 1. The normalized spacial score (nSPS) is 17.2. The lowest BCUT2D eigenvalue weighted by Gasteiger charge is -2.12. The molecule has 0 radical (unpaired) electrons. The summed E-state index contributed by atoms with van der Waals surface area (Å²) in [6.45, 7) is 1.22. The Labute approximate surface area is 146 Å². The number of ether oxygens (including phenoxy) is 2. The zero-order valence-corrected chi connectivity index (χ0v) is 14.2. The number of nitrogens with one attached hydrogen (secondary N) is 1. The molecule has 1 N–H and O–H groups in total. The molecule has 0 saturated carbocycles. The second-order valence-electron chi connectivity index (χ2n) is 5.59. The minimum atomic E-state index is -3.95. The summed E-state index contributed by atoms with van der Waals surface area (Å²) in [6, 6.07) is 9.13. The average Bonchev–Trinajstić information content (AvgIpc) is 3.14. The molecule has 1 saturated heterocycles. The molecule has 1 aliphatic heterocycles. The monoisotopic (exact) mass is 362 g/mol. The summed E-state index contributed by atoms with van der Waals surface area (Å²) in [4.78, 5) is 15.8. The molecule has 1 atom stereocenters. The van der Waals surface area contributed by atoms with E-state index in [0.717, 1.165) is 19.4 Å². The molecule has 132 valence electrons. The SMILES string of the molecule is O=C(NS(=O)(=O)c1cccnc1)c1ccc(OC[C@@H]2CCCO2)cc1. The van der Waals surface area contributed by atoms with Crippen LogP contribution in [0.2, 0.25) is 0 Å². The van der Waals surface area contributed by atoms with E-state index in [0.29, 0.717) is 12.4 Å². The van der Waals surface area contributed by atoms with Crippen LogP contribution in [-0.2, 0) is 14.8 Å². The van der Waals surface area contributed by atoms with Crippen LogP contribution in [0.5, 0.6) is 5.75 Å². The van der Waals surface area contributed by atoms with Gasteiger partial charge in [0.15, 0.2) is 0 Å². The van der Waals surface area contributed by atoms with Crippen molar-refractivity contribution in [1.82, 2.24) is 9.71 Å². The molecular weight excluding hydrogens is 344 g/mol. The predicted octanol–water partition coefficient (Wildman–Crippen LogP) is 1.76. The van der Waals surface area contributed by atoms with Crippen molar-refractivity contribution in [3.63, 3.8) is 0 Å². The third-order valence-corrected chi connectivity index (χ3v) is 5.06. The maximum absolute atomic E-state index is 12.1. The zero-order valence-electron chi connectivity index (χ0n) is 13.4. The van der Waals surface area contributed by atoms with Gasteiger partial charge < -0.3 is 9.47 Å². The van der Waals surface area contributed by atoms with Gasteiger partial charge in [-0.1, -0.05) is 0 Å². The van der Waals surface area contributed by atoms with Crippen LogP contribution in [-0.4, -0.2) is 38.6 Å². The number of aromatic nitrogens is 1. The molecular formula is C17H18N2O5S. The van der Waals surface area contributed by atoms with Gasteiger partial charge in [0.05, 0.1) is 6.10 Å². The third-order valence-electron chi connectivity index (χ3n) is 3.75. The van der Waals surface area contributed by atoms with Crippen LogP contribution in [0.4, 0.5) is 0 Å². The van der Waals surface area contributed by atoms with Gasteiger partial charge in [-0.25, -0.2) is 13.1 Å². The molecule has 1 aliphatic rings. The summed E-state index contributed by atoms with van der Waals surface area (Å²) in [5, 5.41) is 0. The summed E-state index contributed by atoms with van der Waals surface area (Å²) in [5.41, 5.74) is 0.219. The van der Waals surface area contributed by atoms with Crippen molar-refractivity contribution in [3.05, 3.63) is 54.4 Å². The molecule has 1 aromatic heterocycles. The standard InChI is InChI=1S/C17H18N2O5S/c20-17(19-25(21,22)16-4-1-9-18-11-16)13-5-7-14(8-6-13)24-12-15-3-2-10-23-15/h1,4-9,11,15H,2-3,10,12H2,(H,19,20)/t15-/m0/s1. The van der Waals surface area contributed by atoms with E-state index < -0.39 is 15.9 Å². The second-order valence-corrected chi connectivity index (χ2v) is 7.28. The van der Waals surface area contributed by atoms with E-state index in [1.54, 1.807) is 12.1 Å². The van der Waals surface area contributed by atoms with Crippen LogP contribution in [0.15, 0.2) is 53.7 Å². The number of pyridine rings is 1. The van der Waals surface area contributed by atoms with Gasteiger partial charge in [-0.05, 0) is 49.2 Å². The lowest BCUT2D eigenvalue weighted by molar-refractivity contribution is 0.0679. The molecule has 0 unspecified atom stereocenters.